The highest BCUT2D eigenvalue weighted by atomic mass is 35.5. The van der Waals surface area contributed by atoms with E-state index in [1.165, 1.54) is 6.20 Å². The van der Waals surface area contributed by atoms with Gasteiger partial charge in [-0.1, -0.05) is 29.3 Å². The molecule has 20 heavy (non-hydrogen) atoms. The number of pyridine rings is 1. The van der Waals surface area contributed by atoms with Crippen LogP contribution in [0.4, 0.5) is 11.5 Å². The van der Waals surface area contributed by atoms with Crippen LogP contribution >= 0.6 is 23.2 Å². The summed E-state index contributed by atoms with van der Waals surface area (Å²) in [5, 5.41) is 3.63. The fourth-order valence-electron chi connectivity index (χ4n) is 1.74. The molecule has 6 heteroatoms. The second kappa shape index (κ2) is 6.11. The van der Waals surface area contributed by atoms with E-state index >= 15 is 0 Å². The molecule has 0 fully saturated rings. The highest BCUT2D eigenvalue weighted by Gasteiger charge is 2.08. The van der Waals surface area contributed by atoms with Gasteiger partial charge in [-0.15, -0.1) is 0 Å². The first-order valence-electron chi connectivity index (χ1n) is 5.91. The van der Waals surface area contributed by atoms with Gasteiger partial charge in [0.2, 0.25) is 5.91 Å². The number of nitrogens with one attached hydrogen (secondary N) is 1. The van der Waals surface area contributed by atoms with E-state index in [-0.39, 0.29) is 12.3 Å². The highest BCUT2D eigenvalue weighted by molar-refractivity contribution is 6.42. The number of anilines is 2. The Morgan fingerprint density at radius 2 is 2.05 bits per heavy atom. The number of aromatic nitrogens is 1. The first-order chi connectivity index (χ1) is 9.45. The van der Waals surface area contributed by atoms with Gasteiger partial charge in [-0.05, 0) is 36.2 Å². The van der Waals surface area contributed by atoms with Crippen molar-refractivity contribution in [3.8, 4) is 0 Å². The van der Waals surface area contributed by atoms with Crippen molar-refractivity contribution in [2.45, 2.75) is 13.3 Å². The lowest BCUT2D eigenvalue weighted by atomic mass is 10.1. The van der Waals surface area contributed by atoms with Gasteiger partial charge < -0.3 is 11.1 Å². The lowest BCUT2D eigenvalue weighted by Crippen LogP contribution is -2.16. The fourth-order valence-corrected chi connectivity index (χ4v) is 2.06. The van der Waals surface area contributed by atoms with Gasteiger partial charge in [0.25, 0.3) is 0 Å². The largest absolute Gasteiger partial charge is 0.397 e. The summed E-state index contributed by atoms with van der Waals surface area (Å²) in [5.74, 6) is 0.327. The van der Waals surface area contributed by atoms with Crippen LogP contribution in [0.3, 0.4) is 0 Å². The Morgan fingerprint density at radius 1 is 1.30 bits per heavy atom. The molecule has 104 valence electrons. The summed E-state index contributed by atoms with van der Waals surface area (Å²) in [6.07, 6.45) is 1.70. The number of carbonyl (C=O) groups is 1. The molecule has 0 unspecified atom stereocenters. The van der Waals surface area contributed by atoms with Gasteiger partial charge in [0.1, 0.15) is 5.82 Å². The van der Waals surface area contributed by atoms with Crippen LogP contribution in [0.1, 0.15) is 11.1 Å². The minimum atomic E-state index is -0.177. The average Bonchev–Trinajstić information content (AvgIpc) is 2.37. The van der Waals surface area contributed by atoms with Gasteiger partial charge >= 0.3 is 0 Å². The van der Waals surface area contributed by atoms with Crippen LogP contribution in [0.2, 0.25) is 10.0 Å². The van der Waals surface area contributed by atoms with Crippen LogP contribution in [0.5, 0.6) is 0 Å². The summed E-state index contributed by atoms with van der Waals surface area (Å²) in [6.45, 7) is 1.83. The Hall–Kier alpha value is -1.78. The van der Waals surface area contributed by atoms with Gasteiger partial charge in [-0.2, -0.15) is 0 Å². The minimum Gasteiger partial charge on any atom is -0.397 e. The van der Waals surface area contributed by atoms with Crippen LogP contribution in [-0.2, 0) is 11.2 Å². The molecule has 1 aromatic heterocycles. The molecule has 0 radical (unpaired) electrons. The van der Waals surface area contributed by atoms with E-state index in [2.05, 4.69) is 10.3 Å². The van der Waals surface area contributed by atoms with Crippen LogP contribution in [0.25, 0.3) is 0 Å². The minimum absolute atomic E-state index is 0.177. The maximum Gasteiger partial charge on any atom is 0.229 e. The number of carbonyl (C=O) groups excluding carboxylic acids is 1. The van der Waals surface area contributed by atoms with E-state index in [0.717, 1.165) is 11.1 Å². The number of amides is 1. The van der Waals surface area contributed by atoms with Gasteiger partial charge in [0, 0.05) is 0 Å². The monoisotopic (exact) mass is 309 g/mol. The molecule has 0 spiro atoms. The summed E-state index contributed by atoms with van der Waals surface area (Å²) in [7, 11) is 0. The molecule has 1 amide bonds. The first kappa shape index (κ1) is 14.6. The number of aryl methyl sites for hydroxylation is 1. The number of rotatable bonds is 3. The fraction of sp³-hybridized carbons (Fsp3) is 0.143. The number of nitrogen functional groups attached to an aromatic ring is 1. The molecule has 1 aromatic carbocycles. The van der Waals surface area contributed by atoms with Crippen LogP contribution < -0.4 is 11.1 Å². The van der Waals surface area contributed by atoms with Gasteiger partial charge in [0.15, 0.2) is 0 Å². The van der Waals surface area contributed by atoms with Crippen molar-refractivity contribution < 1.29 is 4.79 Å². The second-order valence-electron chi connectivity index (χ2n) is 4.41. The molecule has 1 heterocycles. The normalized spacial score (nSPS) is 10.3. The van der Waals surface area contributed by atoms with E-state index in [4.69, 9.17) is 28.9 Å². The number of benzene rings is 1. The molecule has 0 aliphatic carbocycles. The topological polar surface area (TPSA) is 68.0 Å². The number of hydrogen-bond acceptors (Lipinski definition) is 3. The van der Waals surface area contributed by atoms with Crippen LogP contribution in [0.15, 0.2) is 30.5 Å². The molecule has 0 saturated heterocycles. The van der Waals surface area contributed by atoms with Crippen molar-refractivity contribution in [3.63, 3.8) is 0 Å². The predicted octanol–water partition coefficient (Wildman–Crippen LogP) is 3.46. The SMILES string of the molecule is Cc1cc(N)cnc1NC(=O)Cc1ccc(Cl)c(Cl)c1. The third-order valence-corrected chi connectivity index (χ3v) is 3.44. The van der Waals surface area contributed by atoms with Gasteiger partial charge in [-0.3, -0.25) is 4.79 Å². The smallest absolute Gasteiger partial charge is 0.229 e. The second-order valence-corrected chi connectivity index (χ2v) is 5.22. The lowest BCUT2D eigenvalue weighted by molar-refractivity contribution is -0.115. The summed E-state index contributed by atoms with van der Waals surface area (Å²) in [5.41, 5.74) is 7.77. The predicted molar refractivity (Wildman–Crippen MR) is 82.2 cm³/mol. The van der Waals surface area contributed by atoms with Crippen LogP contribution in [0, 0.1) is 6.92 Å². The molecule has 0 atom stereocenters. The lowest BCUT2D eigenvalue weighted by Gasteiger charge is -2.08. The number of nitrogens with zero attached hydrogens (tertiary/aromatic N) is 1. The zero-order valence-electron chi connectivity index (χ0n) is 10.8. The van der Waals surface area contributed by atoms with E-state index in [1.54, 1.807) is 24.3 Å². The Kier molecular flexibility index (Phi) is 4.47. The maximum absolute atomic E-state index is 12.0. The molecule has 3 N–H and O–H groups in total. The van der Waals surface area contributed by atoms with Crippen molar-refractivity contribution >= 4 is 40.6 Å². The van der Waals surface area contributed by atoms with E-state index in [0.29, 0.717) is 21.6 Å². The van der Waals surface area contributed by atoms with Gasteiger partial charge in [-0.25, -0.2) is 4.98 Å². The molecular weight excluding hydrogens is 297 g/mol. The highest BCUT2D eigenvalue weighted by Crippen LogP contribution is 2.23. The molecule has 0 saturated carbocycles. The zero-order valence-corrected chi connectivity index (χ0v) is 12.3. The Bertz CT molecular complexity index is 659. The molecule has 0 aliphatic rings. The Labute approximate surface area is 126 Å². The van der Waals surface area contributed by atoms with Gasteiger partial charge in [0.05, 0.1) is 28.4 Å². The van der Waals surface area contributed by atoms with Crippen LogP contribution in [-0.4, -0.2) is 10.9 Å². The summed E-state index contributed by atoms with van der Waals surface area (Å²) in [4.78, 5) is 16.0. The summed E-state index contributed by atoms with van der Waals surface area (Å²) < 4.78 is 0. The molecule has 0 bridgehead atoms. The third kappa shape index (κ3) is 3.62. The third-order valence-electron chi connectivity index (χ3n) is 2.71. The van der Waals surface area contributed by atoms with Crippen molar-refractivity contribution in [2.24, 2.45) is 0 Å². The first-order valence-corrected chi connectivity index (χ1v) is 6.67. The van der Waals surface area contributed by atoms with Crippen molar-refractivity contribution in [1.29, 1.82) is 0 Å². The quantitative estimate of drug-likeness (QED) is 0.912. The number of nitrogens with two attached hydrogens (primary N) is 1. The standard InChI is InChI=1S/C14H13Cl2N3O/c1-8-4-10(17)7-18-14(8)19-13(20)6-9-2-3-11(15)12(16)5-9/h2-5,7H,6,17H2,1H3,(H,18,19,20). The average molecular weight is 310 g/mol. The Balaban J connectivity index is 2.07. The van der Waals surface area contributed by atoms with E-state index in [9.17, 15) is 4.79 Å². The number of hydrogen-bond donors (Lipinski definition) is 2. The maximum atomic E-state index is 12.0. The summed E-state index contributed by atoms with van der Waals surface area (Å²) >= 11 is 11.7. The van der Waals surface area contributed by atoms with E-state index < -0.39 is 0 Å². The molecule has 2 rings (SSSR count). The molecule has 0 aliphatic heterocycles. The molecule has 4 nitrogen and oxygen atoms in total. The number of halogens is 2. The van der Waals surface area contributed by atoms with Crippen molar-refractivity contribution in [2.75, 3.05) is 11.1 Å². The Morgan fingerprint density at radius 3 is 2.70 bits per heavy atom. The van der Waals surface area contributed by atoms with E-state index in [1.807, 2.05) is 6.92 Å². The molecular formula is C14H13Cl2N3O. The summed E-state index contributed by atoms with van der Waals surface area (Å²) in [6, 6.07) is 6.85. The van der Waals surface area contributed by atoms with Crippen molar-refractivity contribution in [3.05, 3.63) is 51.6 Å². The molecule has 2 aromatic rings. The zero-order chi connectivity index (χ0) is 14.7. The van der Waals surface area contributed by atoms with Crippen molar-refractivity contribution in [1.82, 2.24) is 4.98 Å².